The minimum atomic E-state index is -0.585. The first-order valence-corrected chi connectivity index (χ1v) is 8.71. The molecule has 5 rings (SSSR count). The van der Waals surface area contributed by atoms with Crippen LogP contribution >= 0.6 is 0 Å². The van der Waals surface area contributed by atoms with Crippen LogP contribution in [0.3, 0.4) is 0 Å². The number of ether oxygens (including phenoxy) is 2. The van der Waals surface area contributed by atoms with Gasteiger partial charge in [0, 0.05) is 23.6 Å². The average Bonchev–Trinajstić information content (AvgIpc) is 2.78. The molecule has 3 fully saturated rings. The van der Waals surface area contributed by atoms with Crippen LogP contribution in [-0.2, 0) is 16.1 Å². The van der Waals surface area contributed by atoms with E-state index in [1.54, 1.807) is 23.7 Å². The molecule has 3 atom stereocenters. The molecule has 0 spiro atoms. The van der Waals surface area contributed by atoms with Crippen LogP contribution < -0.4 is 10.2 Å². The van der Waals surface area contributed by atoms with Crippen LogP contribution in [0.2, 0.25) is 0 Å². The number of benzene rings is 1. The molecule has 25 heavy (non-hydrogen) atoms. The van der Waals surface area contributed by atoms with Crippen LogP contribution in [0.4, 0.5) is 0 Å². The van der Waals surface area contributed by atoms with Crippen molar-refractivity contribution < 1.29 is 24.3 Å². The number of hydrogen-bond acceptors (Lipinski definition) is 5. The Morgan fingerprint density at radius 1 is 1.24 bits per heavy atom. The topological polar surface area (TPSA) is 88.1 Å². The maximum Gasteiger partial charge on any atom is 0.274 e. The highest BCUT2D eigenvalue weighted by Crippen LogP contribution is 2.39. The normalized spacial score (nSPS) is 30.4. The van der Waals surface area contributed by atoms with Crippen molar-refractivity contribution >= 4 is 11.8 Å². The second-order valence-electron chi connectivity index (χ2n) is 7.17. The second-order valence-corrected chi connectivity index (χ2v) is 7.17. The van der Waals surface area contributed by atoms with E-state index in [0.717, 1.165) is 24.8 Å². The molecule has 4 aliphatic rings. The van der Waals surface area contributed by atoms with Gasteiger partial charge in [0.25, 0.3) is 5.91 Å². The highest BCUT2D eigenvalue weighted by atomic mass is 16.5. The Balaban J connectivity index is 1.54. The minimum absolute atomic E-state index is 0.0286. The Morgan fingerprint density at radius 2 is 1.96 bits per heavy atom. The van der Waals surface area contributed by atoms with Crippen molar-refractivity contribution in [1.82, 2.24) is 10.4 Å². The van der Waals surface area contributed by atoms with Gasteiger partial charge in [-0.1, -0.05) is 6.07 Å². The Labute approximate surface area is 145 Å². The van der Waals surface area contributed by atoms with Gasteiger partial charge >= 0.3 is 0 Å². The summed E-state index contributed by atoms with van der Waals surface area (Å²) in [4.78, 5) is 26.5. The van der Waals surface area contributed by atoms with Gasteiger partial charge in [-0.15, -0.1) is 0 Å². The quantitative estimate of drug-likeness (QED) is 0.626. The lowest BCUT2D eigenvalue weighted by molar-refractivity contribution is -0.183. The van der Waals surface area contributed by atoms with Crippen molar-refractivity contribution in [3.8, 4) is 5.75 Å². The summed E-state index contributed by atoms with van der Waals surface area (Å²) in [5.74, 6) is 0.191. The molecular formula is C18H22N2O5. The van der Waals surface area contributed by atoms with Crippen molar-refractivity contribution in [2.45, 2.75) is 51.0 Å². The molecular weight excluding hydrogens is 324 g/mol. The van der Waals surface area contributed by atoms with Gasteiger partial charge in [0.1, 0.15) is 12.4 Å². The van der Waals surface area contributed by atoms with Crippen molar-refractivity contribution in [3.63, 3.8) is 0 Å². The number of nitrogens with zero attached hydrogens (tertiary/aromatic N) is 1. The van der Waals surface area contributed by atoms with Gasteiger partial charge in [-0.3, -0.25) is 14.8 Å². The van der Waals surface area contributed by atoms with Crippen LogP contribution in [0, 0.1) is 5.92 Å². The van der Waals surface area contributed by atoms with E-state index in [9.17, 15) is 9.59 Å². The highest BCUT2D eigenvalue weighted by Gasteiger charge is 2.44. The van der Waals surface area contributed by atoms with E-state index in [1.165, 1.54) is 0 Å². The molecule has 0 radical (unpaired) electrons. The fourth-order valence-corrected chi connectivity index (χ4v) is 3.99. The molecule has 134 valence electrons. The summed E-state index contributed by atoms with van der Waals surface area (Å²) < 4.78 is 11.5. The monoisotopic (exact) mass is 346 g/mol. The molecule has 2 amide bonds. The first-order chi connectivity index (χ1) is 12.0. The maximum atomic E-state index is 13.0. The molecule has 2 bridgehead atoms. The van der Waals surface area contributed by atoms with E-state index >= 15 is 0 Å². The van der Waals surface area contributed by atoms with Crippen molar-refractivity contribution in [2.75, 3.05) is 6.61 Å². The summed E-state index contributed by atoms with van der Waals surface area (Å²) in [5.41, 5.74) is 2.80. The summed E-state index contributed by atoms with van der Waals surface area (Å²) in [5, 5.41) is 8.77. The number of fused-ring (bicyclic) bond motifs is 3. The van der Waals surface area contributed by atoms with Gasteiger partial charge in [0.2, 0.25) is 5.91 Å². The molecule has 0 aromatic heterocycles. The van der Waals surface area contributed by atoms with E-state index in [2.05, 4.69) is 0 Å². The standard InChI is InChI=1S/C18H22N2O5/c1-10-9-24-16-6-11(17(21)19-23)2-3-12(16)8-20(10)18(22)13-4-14-7-15(5-13)25-14/h2-3,6,10,13-15,23H,4-5,7-9H2,1H3,(H,19,21)/t10-,13?,14?,15?/m0/s1. The van der Waals surface area contributed by atoms with Gasteiger partial charge in [0.15, 0.2) is 0 Å². The second kappa shape index (κ2) is 6.31. The fraction of sp³-hybridized carbons (Fsp3) is 0.556. The predicted molar refractivity (Wildman–Crippen MR) is 87.2 cm³/mol. The molecule has 3 heterocycles. The average molecular weight is 346 g/mol. The molecule has 1 aromatic carbocycles. The maximum absolute atomic E-state index is 13.0. The third-order valence-electron chi connectivity index (χ3n) is 5.42. The highest BCUT2D eigenvalue weighted by molar-refractivity contribution is 5.93. The Kier molecular flexibility index (Phi) is 4.13. The zero-order chi connectivity index (χ0) is 17.6. The van der Waals surface area contributed by atoms with E-state index in [1.807, 2.05) is 11.8 Å². The zero-order valence-electron chi connectivity index (χ0n) is 14.1. The third kappa shape index (κ3) is 2.98. The number of rotatable bonds is 2. The molecule has 2 saturated heterocycles. The Hall–Kier alpha value is -2.12. The molecule has 3 aliphatic heterocycles. The van der Waals surface area contributed by atoms with E-state index in [0.29, 0.717) is 24.5 Å². The zero-order valence-corrected chi connectivity index (χ0v) is 14.1. The predicted octanol–water partition coefficient (Wildman–Crippen LogP) is 1.48. The first kappa shape index (κ1) is 16.4. The van der Waals surface area contributed by atoms with Crippen LogP contribution in [0.5, 0.6) is 5.75 Å². The van der Waals surface area contributed by atoms with Crippen LogP contribution in [0.1, 0.15) is 42.1 Å². The number of nitrogens with one attached hydrogen (secondary N) is 1. The summed E-state index contributed by atoms with van der Waals surface area (Å²) in [6.45, 7) is 2.81. The van der Waals surface area contributed by atoms with Crippen LogP contribution in [-0.4, -0.2) is 46.8 Å². The van der Waals surface area contributed by atoms with Crippen LogP contribution in [0.25, 0.3) is 0 Å². The van der Waals surface area contributed by atoms with Crippen molar-refractivity contribution in [3.05, 3.63) is 29.3 Å². The SMILES string of the molecule is C[C@H]1COc2cc(C(=O)NO)ccc2CN1C(=O)C1CC2CC(C1)O2. The third-order valence-corrected chi connectivity index (χ3v) is 5.42. The Morgan fingerprint density at radius 3 is 2.64 bits per heavy atom. The van der Waals surface area contributed by atoms with E-state index < -0.39 is 5.91 Å². The Bertz CT molecular complexity index is 691. The molecule has 2 unspecified atom stereocenters. The minimum Gasteiger partial charge on any atom is -0.491 e. The molecule has 1 aliphatic carbocycles. The molecule has 7 nitrogen and oxygen atoms in total. The van der Waals surface area contributed by atoms with Gasteiger partial charge in [-0.05, 0) is 38.3 Å². The van der Waals surface area contributed by atoms with Crippen molar-refractivity contribution in [1.29, 1.82) is 0 Å². The van der Waals surface area contributed by atoms with Gasteiger partial charge < -0.3 is 14.4 Å². The molecule has 1 aromatic rings. The van der Waals surface area contributed by atoms with E-state index in [-0.39, 0.29) is 30.1 Å². The lowest BCUT2D eigenvalue weighted by Gasteiger charge is -2.46. The summed E-state index contributed by atoms with van der Waals surface area (Å²) >= 11 is 0. The van der Waals surface area contributed by atoms with Gasteiger partial charge in [0.05, 0.1) is 18.2 Å². The summed E-state index contributed by atoms with van der Waals surface area (Å²) in [6, 6.07) is 4.95. The van der Waals surface area contributed by atoms with Crippen molar-refractivity contribution in [2.24, 2.45) is 5.92 Å². The largest absolute Gasteiger partial charge is 0.491 e. The number of hydroxylamine groups is 1. The molecule has 1 saturated carbocycles. The molecule has 7 heteroatoms. The lowest BCUT2D eigenvalue weighted by atomic mass is 9.80. The van der Waals surface area contributed by atoms with E-state index in [4.69, 9.17) is 14.7 Å². The summed E-state index contributed by atoms with van der Waals surface area (Å²) in [7, 11) is 0. The van der Waals surface area contributed by atoms with Gasteiger partial charge in [-0.2, -0.15) is 0 Å². The number of hydrogen-bond donors (Lipinski definition) is 2. The molecule has 2 N–H and O–H groups in total. The number of carbonyl (C=O) groups excluding carboxylic acids is 2. The first-order valence-electron chi connectivity index (χ1n) is 8.71. The summed E-state index contributed by atoms with van der Waals surface area (Å²) in [6.07, 6.45) is 3.20. The van der Waals surface area contributed by atoms with Gasteiger partial charge in [-0.25, -0.2) is 5.48 Å². The fourth-order valence-electron chi connectivity index (χ4n) is 3.99. The number of amides is 2. The lowest BCUT2D eigenvalue weighted by Crippen LogP contribution is -2.51. The number of carbonyl (C=O) groups is 2. The smallest absolute Gasteiger partial charge is 0.274 e. The van der Waals surface area contributed by atoms with Crippen LogP contribution in [0.15, 0.2) is 18.2 Å².